The summed E-state index contributed by atoms with van der Waals surface area (Å²) in [5.74, 6) is 0. The van der Waals surface area contributed by atoms with Crippen LogP contribution in [-0.2, 0) is 0 Å². The minimum Gasteiger partial charge on any atom is -0.370 e. The second-order valence-corrected chi connectivity index (χ2v) is 7.27. The first-order chi connectivity index (χ1) is 9.27. The topological polar surface area (TPSA) is 15.3 Å². The zero-order valence-corrected chi connectivity index (χ0v) is 13.7. The highest BCUT2D eigenvalue weighted by atomic mass is 127. The molecule has 1 aromatic rings. The van der Waals surface area contributed by atoms with Crippen molar-refractivity contribution in [2.24, 2.45) is 0 Å². The monoisotopic (exact) mass is 370 g/mol. The standard InChI is InChI=1S/C16H23IN2/c17-14-6-4-7-15(12-14)19-11-5-10-18-16(13-19)8-2-1-3-9-16/h4,6-7,12,18H,1-3,5,8-11,13H2. The summed E-state index contributed by atoms with van der Waals surface area (Å²) in [5.41, 5.74) is 1.79. The number of rotatable bonds is 1. The summed E-state index contributed by atoms with van der Waals surface area (Å²) >= 11 is 2.41. The van der Waals surface area contributed by atoms with Gasteiger partial charge in [-0.1, -0.05) is 25.3 Å². The highest BCUT2D eigenvalue weighted by molar-refractivity contribution is 14.1. The average Bonchev–Trinajstić information content (AvgIpc) is 2.63. The van der Waals surface area contributed by atoms with Crippen molar-refractivity contribution in [2.45, 2.75) is 44.1 Å². The Labute approximate surface area is 130 Å². The molecule has 0 atom stereocenters. The van der Waals surface area contributed by atoms with Crippen molar-refractivity contribution in [2.75, 3.05) is 24.5 Å². The molecule has 1 saturated carbocycles. The van der Waals surface area contributed by atoms with Gasteiger partial charge < -0.3 is 10.2 Å². The predicted octanol–water partition coefficient (Wildman–Crippen LogP) is 3.79. The molecule has 0 radical (unpaired) electrons. The normalized spacial score (nSPS) is 23.3. The van der Waals surface area contributed by atoms with Crippen molar-refractivity contribution in [1.29, 1.82) is 0 Å². The zero-order valence-electron chi connectivity index (χ0n) is 11.5. The second-order valence-electron chi connectivity index (χ2n) is 6.02. The van der Waals surface area contributed by atoms with E-state index >= 15 is 0 Å². The molecule has 1 aliphatic heterocycles. The number of halogens is 1. The third-order valence-corrected chi connectivity index (χ3v) is 5.25. The van der Waals surface area contributed by atoms with Crippen LogP contribution >= 0.6 is 22.6 Å². The maximum absolute atomic E-state index is 3.87. The van der Waals surface area contributed by atoms with Crippen LogP contribution in [0.2, 0.25) is 0 Å². The third kappa shape index (κ3) is 3.24. The van der Waals surface area contributed by atoms with Gasteiger partial charge in [0.05, 0.1) is 0 Å². The summed E-state index contributed by atoms with van der Waals surface area (Å²) < 4.78 is 1.34. The Kier molecular flexibility index (Phi) is 4.32. The quantitative estimate of drug-likeness (QED) is 0.757. The van der Waals surface area contributed by atoms with Crippen molar-refractivity contribution in [3.05, 3.63) is 27.8 Å². The number of hydrogen-bond acceptors (Lipinski definition) is 2. The first kappa shape index (κ1) is 13.7. The lowest BCUT2D eigenvalue weighted by atomic mass is 9.81. The van der Waals surface area contributed by atoms with Crippen LogP contribution < -0.4 is 10.2 Å². The Hall–Kier alpha value is -0.290. The second kappa shape index (κ2) is 6.00. The molecule has 0 bridgehead atoms. The molecule has 2 fully saturated rings. The molecule has 3 rings (SSSR count). The molecule has 19 heavy (non-hydrogen) atoms. The minimum atomic E-state index is 0.385. The summed E-state index contributed by atoms with van der Waals surface area (Å²) in [6, 6.07) is 8.95. The van der Waals surface area contributed by atoms with E-state index in [2.05, 4.69) is 57.1 Å². The fraction of sp³-hybridized carbons (Fsp3) is 0.625. The Balaban J connectivity index is 1.81. The van der Waals surface area contributed by atoms with Gasteiger partial charge in [0.15, 0.2) is 0 Å². The van der Waals surface area contributed by atoms with Gasteiger partial charge in [-0.2, -0.15) is 0 Å². The highest BCUT2D eigenvalue weighted by Crippen LogP contribution is 2.32. The van der Waals surface area contributed by atoms with E-state index in [4.69, 9.17) is 0 Å². The first-order valence-electron chi connectivity index (χ1n) is 7.53. The van der Waals surface area contributed by atoms with Crippen molar-refractivity contribution in [3.63, 3.8) is 0 Å². The van der Waals surface area contributed by atoms with E-state index in [-0.39, 0.29) is 0 Å². The van der Waals surface area contributed by atoms with Crippen LogP contribution in [0.25, 0.3) is 0 Å². The van der Waals surface area contributed by atoms with Gasteiger partial charge in [0.2, 0.25) is 0 Å². The molecule has 1 aliphatic carbocycles. The lowest BCUT2D eigenvalue weighted by molar-refractivity contribution is 0.246. The van der Waals surface area contributed by atoms with Crippen molar-refractivity contribution in [1.82, 2.24) is 5.32 Å². The largest absolute Gasteiger partial charge is 0.370 e. The van der Waals surface area contributed by atoms with E-state index in [0.717, 1.165) is 0 Å². The van der Waals surface area contributed by atoms with Crippen molar-refractivity contribution < 1.29 is 0 Å². The van der Waals surface area contributed by atoms with Crippen LogP contribution in [0.1, 0.15) is 38.5 Å². The maximum Gasteiger partial charge on any atom is 0.0377 e. The molecule has 1 aromatic carbocycles. The number of nitrogens with zero attached hydrogens (tertiary/aromatic N) is 1. The molecule has 1 heterocycles. The number of anilines is 1. The molecule has 104 valence electrons. The van der Waals surface area contributed by atoms with Crippen molar-refractivity contribution in [3.8, 4) is 0 Å². The van der Waals surface area contributed by atoms with E-state index in [0.29, 0.717) is 5.54 Å². The van der Waals surface area contributed by atoms with Gasteiger partial charge in [-0.3, -0.25) is 0 Å². The summed E-state index contributed by atoms with van der Waals surface area (Å²) in [5, 5.41) is 3.87. The fourth-order valence-electron chi connectivity index (χ4n) is 3.58. The van der Waals surface area contributed by atoms with Crippen LogP contribution in [0.5, 0.6) is 0 Å². The molecule has 1 N–H and O–H groups in total. The number of benzene rings is 1. The third-order valence-electron chi connectivity index (χ3n) is 4.58. The first-order valence-corrected chi connectivity index (χ1v) is 8.61. The van der Waals surface area contributed by atoms with Gasteiger partial charge in [0, 0.05) is 27.9 Å². The average molecular weight is 370 g/mol. The molecule has 0 unspecified atom stereocenters. The fourth-order valence-corrected chi connectivity index (χ4v) is 4.11. The minimum absolute atomic E-state index is 0.385. The van der Waals surface area contributed by atoms with Gasteiger partial charge in [0.1, 0.15) is 0 Å². The van der Waals surface area contributed by atoms with Gasteiger partial charge in [-0.05, 0) is 66.6 Å². The number of hydrogen-bond donors (Lipinski definition) is 1. The SMILES string of the molecule is Ic1cccc(N2CCCNC3(CCCCC3)C2)c1. The summed E-state index contributed by atoms with van der Waals surface area (Å²) in [6.45, 7) is 3.56. The molecule has 1 saturated heterocycles. The lowest BCUT2D eigenvalue weighted by Crippen LogP contribution is -2.52. The summed E-state index contributed by atoms with van der Waals surface area (Å²) in [4.78, 5) is 2.60. The van der Waals surface area contributed by atoms with Crippen molar-refractivity contribution >= 4 is 28.3 Å². The Morgan fingerprint density at radius 3 is 2.74 bits per heavy atom. The van der Waals surface area contributed by atoms with Crippen LogP contribution in [0.3, 0.4) is 0 Å². The van der Waals surface area contributed by atoms with Crippen LogP contribution in [0, 0.1) is 3.57 Å². The van der Waals surface area contributed by atoms with Gasteiger partial charge in [-0.15, -0.1) is 0 Å². The number of nitrogens with one attached hydrogen (secondary N) is 1. The molecular formula is C16H23IN2. The van der Waals surface area contributed by atoms with Gasteiger partial charge in [-0.25, -0.2) is 0 Å². The molecule has 0 amide bonds. The van der Waals surface area contributed by atoms with Crippen LogP contribution in [0.4, 0.5) is 5.69 Å². The smallest absolute Gasteiger partial charge is 0.0377 e. The van der Waals surface area contributed by atoms with Gasteiger partial charge in [0.25, 0.3) is 0 Å². The van der Waals surface area contributed by atoms with Crippen LogP contribution in [0.15, 0.2) is 24.3 Å². The Morgan fingerprint density at radius 2 is 1.95 bits per heavy atom. The van der Waals surface area contributed by atoms with Crippen LogP contribution in [-0.4, -0.2) is 25.2 Å². The van der Waals surface area contributed by atoms with E-state index in [1.165, 1.54) is 67.4 Å². The molecule has 0 aromatic heterocycles. The van der Waals surface area contributed by atoms with E-state index in [9.17, 15) is 0 Å². The highest BCUT2D eigenvalue weighted by Gasteiger charge is 2.34. The lowest BCUT2D eigenvalue weighted by Gasteiger charge is -2.40. The van der Waals surface area contributed by atoms with Gasteiger partial charge >= 0.3 is 0 Å². The predicted molar refractivity (Wildman–Crippen MR) is 89.8 cm³/mol. The molecular weight excluding hydrogens is 347 g/mol. The summed E-state index contributed by atoms with van der Waals surface area (Å²) in [7, 11) is 0. The summed E-state index contributed by atoms with van der Waals surface area (Å²) in [6.07, 6.45) is 8.18. The Bertz CT molecular complexity index is 427. The molecule has 2 aliphatic rings. The zero-order chi connectivity index (χ0) is 13.1. The molecule has 1 spiro atoms. The van der Waals surface area contributed by atoms with E-state index in [1.54, 1.807) is 0 Å². The van der Waals surface area contributed by atoms with E-state index < -0.39 is 0 Å². The molecule has 3 heteroatoms. The Morgan fingerprint density at radius 1 is 1.11 bits per heavy atom. The van der Waals surface area contributed by atoms with E-state index in [1.807, 2.05) is 0 Å². The molecule has 2 nitrogen and oxygen atoms in total. The maximum atomic E-state index is 3.87.